The van der Waals surface area contributed by atoms with Gasteiger partial charge in [-0.05, 0) is 12.8 Å². The summed E-state index contributed by atoms with van der Waals surface area (Å²) in [6, 6.07) is -0.421. The summed E-state index contributed by atoms with van der Waals surface area (Å²) in [5.41, 5.74) is 5.68. The first-order chi connectivity index (χ1) is 11.0. The lowest BCUT2D eigenvalue weighted by molar-refractivity contribution is -0.181. The standard InChI is InChI=1S/C13H16F3N7/c14-13(15,16)9-1-2-22(10(3-9)4-17)11-5-18-6-12(21-11)23-8-19-7-20-23/h5-10H,1-4,17H2/t9-,10+/m1/s1. The van der Waals surface area contributed by atoms with E-state index >= 15 is 0 Å². The molecule has 23 heavy (non-hydrogen) atoms. The molecule has 0 amide bonds. The van der Waals surface area contributed by atoms with Gasteiger partial charge in [0.1, 0.15) is 18.5 Å². The third kappa shape index (κ3) is 3.26. The Kier molecular flexibility index (Phi) is 4.16. The molecule has 1 aliphatic heterocycles. The quantitative estimate of drug-likeness (QED) is 0.910. The average Bonchev–Trinajstić information content (AvgIpc) is 3.08. The van der Waals surface area contributed by atoms with E-state index in [1.165, 1.54) is 29.7 Å². The highest BCUT2D eigenvalue weighted by Gasteiger charge is 2.44. The summed E-state index contributed by atoms with van der Waals surface area (Å²) in [6.45, 7) is 0.364. The van der Waals surface area contributed by atoms with Crippen molar-refractivity contribution in [3.8, 4) is 5.82 Å². The Balaban J connectivity index is 1.83. The van der Waals surface area contributed by atoms with E-state index in [0.29, 0.717) is 11.6 Å². The zero-order valence-electron chi connectivity index (χ0n) is 12.2. The maximum absolute atomic E-state index is 12.9. The van der Waals surface area contributed by atoms with Crippen LogP contribution in [0.2, 0.25) is 0 Å². The smallest absolute Gasteiger partial charge is 0.351 e. The number of hydrogen-bond donors (Lipinski definition) is 1. The van der Waals surface area contributed by atoms with Crippen molar-refractivity contribution in [2.75, 3.05) is 18.0 Å². The first-order valence-electron chi connectivity index (χ1n) is 7.19. The van der Waals surface area contributed by atoms with Crippen LogP contribution < -0.4 is 10.6 Å². The topological polar surface area (TPSA) is 85.8 Å². The minimum Gasteiger partial charge on any atom is -0.351 e. The van der Waals surface area contributed by atoms with Crippen LogP contribution in [0.15, 0.2) is 25.0 Å². The number of anilines is 1. The second-order valence-electron chi connectivity index (χ2n) is 5.42. The van der Waals surface area contributed by atoms with Crippen molar-refractivity contribution >= 4 is 5.82 Å². The van der Waals surface area contributed by atoms with Crippen molar-refractivity contribution in [3.63, 3.8) is 0 Å². The molecule has 3 rings (SSSR count). The Hall–Kier alpha value is -2.23. The van der Waals surface area contributed by atoms with Crippen LogP contribution in [-0.4, -0.2) is 50.0 Å². The van der Waals surface area contributed by atoms with E-state index in [-0.39, 0.29) is 25.9 Å². The first-order valence-corrected chi connectivity index (χ1v) is 7.19. The predicted molar refractivity (Wildman–Crippen MR) is 75.9 cm³/mol. The monoisotopic (exact) mass is 327 g/mol. The molecule has 2 atom stereocenters. The summed E-state index contributed by atoms with van der Waals surface area (Å²) in [5.74, 6) is -0.374. The third-order valence-corrected chi connectivity index (χ3v) is 4.01. The van der Waals surface area contributed by atoms with Crippen molar-refractivity contribution in [2.45, 2.75) is 25.1 Å². The van der Waals surface area contributed by atoms with Gasteiger partial charge in [0.2, 0.25) is 0 Å². The van der Waals surface area contributed by atoms with Gasteiger partial charge >= 0.3 is 6.18 Å². The molecule has 0 aromatic carbocycles. The summed E-state index contributed by atoms with van der Waals surface area (Å²) in [5, 5.41) is 3.97. The fraction of sp³-hybridized carbons (Fsp3) is 0.538. The fourth-order valence-electron chi connectivity index (χ4n) is 2.79. The van der Waals surface area contributed by atoms with Gasteiger partial charge in [0.15, 0.2) is 5.82 Å². The molecule has 3 heterocycles. The number of nitrogens with two attached hydrogens (primary N) is 1. The molecular weight excluding hydrogens is 311 g/mol. The van der Waals surface area contributed by atoms with Crippen molar-refractivity contribution in [1.29, 1.82) is 0 Å². The number of rotatable bonds is 3. The lowest BCUT2D eigenvalue weighted by Gasteiger charge is -2.40. The van der Waals surface area contributed by atoms with Crippen molar-refractivity contribution in [2.24, 2.45) is 11.7 Å². The molecule has 1 aliphatic rings. The van der Waals surface area contributed by atoms with Gasteiger partial charge in [0.25, 0.3) is 0 Å². The lowest BCUT2D eigenvalue weighted by Crippen LogP contribution is -2.49. The second-order valence-corrected chi connectivity index (χ2v) is 5.42. The summed E-state index contributed by atoms with van der Waals surface area (Å²) in [7, 11) is 0. The molecule has 1 fully saturated rings. The normalized spacial score (nSPS) is 22.3. The van der Waals surface area contributed by atoms with E-state index in [9.17, 15) is 13.2 Å². The molecular formula is C13H16F3N7. The molecule has 124 valence electrons. The van der Waals surface area contributed by atoms with Gasteiger partial charge in [-0.1, -0.05) is 0 Å². The Morgan fingerprint density at radius 2 is 2.00 bits per heavy atom. The van der Waals surface area contributed by atoms with Crippen LogP contribution in [0.3, 0.4) is 0 Å². The van der Waals surface area contributed by atoms with Gasteiger partial charge in [-0.15, -0.1) is 0 Å². The highest BCUT2D eigenvalue weighted by molar-refractivity contribution is 5.41. The van der Waals surface area contributed by atoms with Crippen LogP contribution in [0.4, 0.5) is 19.0 Å². The van der Waals surface area contributed by atoms with Crippen LogP contribution in [0.25, 0.3) is 5.82 Å². The number of piperidine rings is 1. The predicted octanol–water partition coefficient (Wildman–Crippen LogP) is 1.16. The summed E-state index contributed by atoms with van der Waals surface area (Å²) in [6.07, 6.45) is 1.68. The summed E-state index contributed by atoms with van der Waals surface area (Å²) >= 11 is 0. The number of hydrogen-bond acceptors (Lipinski definition) is 6. The van der Waals surface area contributed by atoms with Gasteiger partial charge in [-0.3, -0.25) is 4.98 Å². The molecule has 0 spiro atoms. The van der Waals surface area contributed by atoms with Crippen LogP contribution in [-0.2, 0) is 0 Å². The number of halogens is 3. The highest BCUT2D eigenvalue weighted by Crippen LogP contribution is 2.37. The number of nitrogens with zero attached hydrogens (tertiary/aromatic N) is 6. The van der Waals surface area contributed by atoms with Gasteiger partial charge in [0.05, 0.1) is 18.3 Å². The Labute approximate surface area is 130 Å². The molecule has 1 saturated heterocycles. The van der Waals surface area contributed by atoms with E-state index in [1.54, 1.807) is 4.90 Å². The van der Waals surface area contributed by atoms with Gasteiger partial charge in [0, 0.05) is 19.1 Å². The lowest BCUT2D eigenvalue weighted by atomic mass is 9.90. The van der Waals surface area contributed by atoms with Crippen LogP contribution in [0.1, 0.15) is 12.8 Å². The highest BCUT2D eigenvalue weighted by atomic mass is 19.4. The second kappa shape index (κ2) is 6.11. The fourth-order valence-corrected chi connectivity index (χ4v) is 2.79. The largest absolute Gasteiger partial charge is 0.391 e. The maximum atomic E-state index is 12.9. The van der Waals surface area contributed by atoms with Gasteiger partial charge in [-0.25, -0.2) is 14.6 Å². The van der Waals surface area contributed by atoms with Crippen LogP contribution in [0.5, 0.6) is 0 Å². The Morgan fingerprint density at radius 3 is 2.65 bits per heavy atom. The molecule has 0 saturated carbocycles. The van der Waals surface area contributed by atoms with E-state index in [4.69, 9.17) is 5.73 Å². The zero-order chi connectivity index (χ0) is 16.4. The zero-order valence-corrected chi connectivity index (χ0v) is 12.2. The minimum atomic E-state index is -4.19. The van der Waals surface area contributed by atoms with Gasteiger partial charge in [-0.2, -0.15) is 18.3 Å². The Morgan fingerprint density at radius 1 is 1.22 bits per heavy atom. The summed E-state index contributed by atoms with van der Waals surface area (Å²) in [4.78, 5) is 14.1. The van der Waals surface area contributed by atoms with Crippen molar-refractivity contribution in [3.05, 3.63) is 25.0 Å². The van der Waals surface area contributed by atoms with Crippen molar-refractivity contribution < 1.29 is 13.2 Å². The molecule has 0 radical (unpaired) electrons. The molecule has 7 nitrogen and oxygen atoms in total. The molecule has 2 aromatic rings. The van der Waals surface area contributed by atoms with E-state index < -0.39 is 18.1 Å². The maximum Gasteiger partial charge on any atom is 0.391 e. The molecule has 2 N–H and O–H groups in total. The van der Waals surface area contributed by atoms with Crippen LogP contribution in [0, 0.1) is 5.92 Å². The SMILES string of the molecule is NC[C@@H]1C[C@H](C(F)(F)F)CCN1c1cncc(-n2cncn2)n1. The van der Waals surface area contributed by atoms with Gasteiger partial charge < -0.3 is 10.6 Å². The molecule has 0 unspecified atom stereocenters. The number of aromatic nitrogens is 5. The van der Waals surface area contributed by atoms with Crippen LogP contribution >= 0.6 is 0 Å². The summed E-state index contributed by atoms with van der Waals surface area (Å²) < 4.78 is 40.2. The van der Waals surface area contributed by atoms with E-state index in [0.717, 1.165) is 0 Å². The molecule has 0 bridgehead atoms. The van der Waals surface area contributed by atoms with E-state index in [1.807, 2.05) is 0 Å². The first kappa shape index (κ1) is 15.7. The molecule has 10 heteroatoms. The van der Waals surface area contributed by atoms with E-state index in [2.05, 4.69) is 20.1 Å². The minimum absolute atomic E-state index is 0.0230. The van der Waals surface area contributed by atoms with Crippen molar-refractivity contribution in [1.82, 2.24) is 24.7 Å². The Bertz CT molecular complexity index is 643. The molecule has 0 aliphatic carbocycles. The average molecular weight is 327 g/mol. The third-order valence-electron chi connectivity index (χ3n) is 4.01. The number of alkyl halides is 3. The molecule has 2 aromatic heterocycles.